The van der Waals surface area contributed by atoms with E-state index in [0.29, 0.717) is 40.8 Å². The average Bonchev–Trinajstić information content (AvgIpc) is 3.02. The fourth-order valence-electron chi connectivity index (χ4n) is 2.94. The summed E-state index contributed by atoms with van der Waals surface area (Å²) in [5.74, 6) is 1.37. The van der Waals surface area contributed by atoms with Crippen LogP contribution in [0, 0.1) is 0 Å². The molecule has 0 unspecified atom stereocenters. The largest absolute Gasteiger partial charge is 0.302 e. The number of aromatic nitrogens is 3. The maximum Gasteiger partial charge on any atom is 0.195 e. The molecule has 1 aromatic heterocycles. The minimum atomic E-state index is -0.0986. The Hall–Kier alpha value is -2.54. The summed E-state index contributed by atoms with van der Waals surface area (Å²) in [5, 5.41) is 5.19. The van der Waals surface area contributed by atoms with Crippen LogP contribution in [0.25, 0.3) is 5.69 Å². The number of hydrogen-bond donors (Lipinski definition) is 0. The lowest BCUT2D eigenvalue weighted by Gasteiger charge is -2.14. The number of halogens is 1. The Morgan fingerprint density at radius 1 is 1.00 bits per heavy atom. The zero-order valence-electron chi connectivity index (χ0n) is 16.6. The van der Waals surface area contributed by atoms with Crippen molar-refractivity contribution in [1.29, 1.82) is 0 Å². The molecule has 0 atom stereocenters. The van der Waals surface area contributed by atoms with Crippen molar-refractivity contribution in [3.63, 3.8) is 0 Å². The van der Waals surface area contributed by atoms with E-state index in [-0.39, 0.29) is 5.78 Å². The monoisotopic (exact) mass is 397 g/mol. The van der Waals surface area contributed by atoms with Crippen LogP contribution < -0.4 is 0 Å². The number of rotatable bonds is 7. The van der Waals surface area contributed by atoms with Gasteiger partial charge in [0.25, 0.3) is 0 Å². The van der Waals surface area contributed by atoms with Gasteiger partial charge in [-0.2, -0.15) is 0 Å². The van der Waals surface area contributed by atoms with Crippen molar-refractivity contribution in [2.24, 2.45) is 0 Å². The topological polar surface area (TPSA) is 54.3 Å². The van der Waals surface area contributed by atoms with Gasteiger partial charge in [0.2, 0.25) is 0 Å². The second-order valence-corrected chi connectivity index (χ2v) is 7.62. The van der Waals surface area contributed by atoms with Gasteiger partial charge < -0.3 is 9.80 Å². The number of ketones is 1. The summed E-state index contributed by atoms with van der Waals surface area (Å²) in [7, 11) is 7.89. The van der Waals surface area contributed by atoms with E-state index in [2.05, 4.69) is 10.1 Å². The zero-order valence-corrected chi connectivity index (χ0v) is 17.3. The molecule has 28 heavy (non-hydrogen) atoms. The molecule has 0 N–H and O–H groups in total. The van der Waals surface area contributed by atoms with Crippen molar-refractivity contribution < 1.29 is 4.79 Å². The molecule has 1 heterocycles. The SMILES string of the molecule is CN(C)Cc1nc(CN(C)C)n(-c2ccc(Cl)cc2C(=O)c2ccccc2)n1. The van der Waals surface area contributed by atoms with Gasteiger partial charge in [-0.05, 0) is 46.4 Å². The molecule has 0 spiro atoms. The summed E-state index contributed by atoms with van der Waals surface area (Å²) in [6, 6.07) is 14.5. The molecule has 3 rings (SSSR count). The van der Waals surface area contributed by atoms with E-state index in [1.54, 1.807) is 28.9 Å². The summed E-state index contributed by atoms with van der Waals surface area (Å²) in [4.78, 5) is 21.9. The quantitative estimate of drug-likeness (QED) is 0.573. The first-order chi connectivity index (χ1) is 13.3. The Kier molecular flexibility index (Phi) is 6.24. The van der Waals surface area contributed by atoms with Gasteiger partial charge in [-0.15, -0.1) is 5.10 Å². The van der Waals surface area contributed by atoms with Gasteiger partial charge >= 0.3 is 0 Å². The molecule has 0 saturated carbocycles. The number of carbonyl (C=O) groups excluding carboxylic acids is 1. The van der Waals surface area contributed by atoms with Crippen molar-refractivity contribution in [2.75, 3.05) is 28.2 Å². The smallest absolute Gasteiger partial charge is 0.195 e. The van der Waals surface area contributed by atoms with Gasteiger partial charge in [0.15, 0.2) is 11.6 Å². The van der Waals surface area contributed by atoms with Gasteiger partial charge in [-0.3, -0.25) is 4.79 Å². The predicted molar refractivity (Wildman–Crippen MR) is 111 cm³/mol. The van der Waals surface area contributed by atoms with Gasteiger partial charge in [0, 0.05) is 16.1 Å². The van der Waals surface area contributed by atoms with Crippen LogP contribution in [-0.4, -0.2) is 58.5 Å². The minimum absolute atomic E-state index is 0.0986. The van der Waals surface area contributed by atoms with Crippen LogP contribution >= 0.6 is 11.6 Å². The molecular formula is C21H24ClN5O. The van der Waals surface area contributed by atoms with Crippen molar-refractivity contribution in [2.45, 2.75) is 13.1 Å². The molecule has 3 aromatic rings. The van der Waals surface area contributed by atoms with Gasteiger partial charge in [-0.25, -0.2) is 9.67 Å². The lowest BCUT2D eigenvalue weighted by atomic mass is 10.0. The predicted octanol–water partition coefficient (Wildman–Crippen LogP) is 3.27. The average molecular weight is 398 g/mol. The van der Waals surface area contributed by atoms with Gasteiger partial charge in [-0.1, -0.05) is 41.9 Å². The molecule has 0 fully saturated rings. The van der Waals surface area contributed by atoms with Crippen molar-refractivity contribution in [3.8, 4) is 5.69 Å². The van der Waals surface area contributed by atoms with Crippen LogP contribution in [0.15, 0.2) is 48.5 Å². The van der Waals surface area contributed by atoms with E-state index >= 15 is 0 Å². The first-order valence-electron chi connectivity index (χ1n) is 8.99. The second-order valence-electron chi connectivity index (χ2n) is 7.19. The van der Waals surface area contributed by atoms with Crippen LogP contribution in [0.2, 0.25) is 5.02 Å². The van der Waals surface area contributed by atoms with Gasteiger partial charge in [0.1, 0.15) is 5.82 Å². The van der Waals surface area contributed by atoms with Crippen molar-refractivity contribution in [1.82, 2.24) is 24.6 Å². The third kappa shape index (κ3) is 4.65. The fraction of sp³-hybridized carbons (Fsp3) is 0.286. The third-order valence-electron chi connectivity index (χ3n) is 4.10. The van der Waals surface area contributed by atoms with E-state index in [1.165, 1.54) is 0 Å². The molecule has 0 aliphatic heterocycles. The highest BCUT2D eigenvalue weighted by Crippen LogP contribution is 2.24. The molecule has 0 bridgehead atoms. The van der Waals surface area contributed by atoms with Crippen LogP contribution in [0.5, 0.6) is 0 Å². The molecule has 146 valence electrons. The summed E-state index contributed by atoms with van der Waals surface area (Å²) in [6.07, 6.45) is 0. The van der Waals surface area contributed by atoms with Crippen LogP contribution in [0.4, 0.5) is 0 Å². The summed E-state index contributed by atoms with van der Waals surface area (Å²) in [6.45, 7) is 1.21. The summed E-state index contributed by atoms with van der Waals surface area (Å²) in [5.41, 5.74) is 1.78. The lowest BCUT2D eigenvalue weighted by molar-refractivity contribution is 0.103. The summed E-state index contributed by atoms with van der Waals surface area (Å²) < 4.78 is 1.76. The van der Waals surface area contributed by atoms with Crippen molar-refractivity contribution >= 4 is 17.4 Å². The van der Waals surface area contributed by atoms with E-state index in [0.717, 1.165) is 5.82 Å². The Morgan fingerprint density at radius 2 is 1.68 bits per heavy atom. The van der Waals surface area contributed by atoms with Crippen LogP contribution in [-0.2, 0) is 13.1 Å². The highest BCUT2D eigenvalue weighted by molar-refractivity contribution is 6.31. The first kappa shape index (κ1) is 20.2. The molecule has 0 radical (unpaired) electrons. The molecule has 6 nitrogen and oxygen atoms in total. The number of hydrogen-bond acceptors (Lipinski definition) is 5. The highest BCUT2D eigenvalue weighted by atomic mass is 35.5. The number of benzene rings is 2. The maximum absolute atomic E-state index is 13.2. The Morgan fingerprint density at radius 3 is 2.32 bits per heavy atom. The van der Waals surface area contributed by atoms with Crippen LogP contribution in [0.1, 0.15) is 27.6 Å². The van der Waals surface area contributed by atoms with Crippen molar-refractivity contribution in [3.05, 3.63) is 76.3 Å². The zero-order chi connectivity index (χ0) is 20.3. The second kappa shape index (κ2) is 8.65. The summed E-state index contributed by atoms with van der Waals surface area (Å²) >= 11 is 6.22. The molecule has 7 heteroatoms. The highest BCUT2D eigenvalue weighted by Gasteiger charge is 2.20. The van der Waals surface area contributed by atoms with E-state index < -0.39 is 0 Å². The lowest BCUT2D eigenvalue weighted by Crippen LogP contribution is -2.17. The normalized spacial score (nSPS) is 11.4. The maximum atomic E-state index is 13.2. The minimum Gasteiger partial charge on any atom is -0.302 e. The van der Waals surface area contributed by atoms with E-state index in [1.807, 2.05) is 62.3 Å². The molecule has 0 aliphatic carbocycles. The Balaban J connectivity index is 2.13. The molecule has 0 amide bonds. The van der Waals surface area contributed by atoms with E-state index in [9.17, 15) is 4.79 Å². The van der Waals surface area contributed by atoms with Crippen LogP contribution in [0.3, 0.4) is 0 Å². The fourth-order valence-corrected chi connectivity index (χ4v) is 3.11. The number of nitrogens with zero attached hydrogens (tertiary/aromatic N) is 5. The molecular weight excluding hydrogens is 374 g/mol. The first-order valence-corrected chi connectivity index (χ1v) is 9.37. The third-order valence-corrected chi connectivity index (χ3v) is 4.34. The van der Waals surface area contributed by atoms with Gasteiger partial charge in [0.05, 0.1) is 18.8 Å². The van der Waals surface area contributed by atoms with E-state index in [4.69, 9.17) is 11.6 Å². The molecule has 2 aromatic carbocycles. The standard InChI is InChI=1S/C21H24ClN5O/c1-25(2)13-19-23-20(14-26(3)4)27(24-19)18-11-10-16(22)12-17(18)21(28)15-8-6-5-7-9-15/h5-12H,13-14H2,1-4H3. The Bertz CT molecular complexity index is 966. The Labute approximate surface area is 170 Å². The molecule has 0 aliphatic rings. The number of carbonyl (C=O) groups is 1. The molecule has 0 saturated heterocycles.